The Balaban J connectivity index is 2.72. The standard InChI is InChI=1S/C15H21NO4/c1-10(2)12(13(16-3)14(17)18)15(19)20-9-11-7-5-4-6-8-11/h4-8,10,12-13,16H,9H2,1-3H3,(H,17,18)/t12?,13-/m0/s1. The minimum absolute atomic E-state index is 0.133. The van der Waals surface area contributed by atoms with E-state index in [-0.39, 0.29) is 12.5 Å². The smallest absolute Gasteiger partial charge is 0.321 e. The van der Waals surface area contributed by atoms with Crippen LogP contribution in [-0.4, -0.2) is 30.1 Å². The van der Waals surface area contributed by atoms with Crippen molar-refractivity contribution in [1.82, 2.24) is 5.32 Å². The van der Waals surface area contributed by atoms with E-state index in [9.17, 15) is 9.59 Å². The van der Waals surface area contributed by atoms with Crippen molar-refractivity contribution in [2.75, 3.05) is 7.05 Å². The van der Waals surface area contributed by atoms with Gasteiger partial charge in [-0.2, -0.15) is 0 Å². The molecule has 0 fully saturated rings. The van der Waals surface area contributed by atoms with Crippen LogP contribution in [-0.2, 0) is 20.9 Å². The Labute approximate surface area is 118 Å². The number of esters is 1. The van der Waals surface area contributed by atoms with E-state index in [1.54, 1.807) is 0 Å². The van der Waals surface area contributed by atoms with Crippen LogP contribution in [0.4, 0.5) is 0 Å². The van der Waals surface area contributed by atoms with E-state index >= 15 is 0 Å². The highest BCUT2D eigenvalue weighted by molar-refractivity contribution is 5.83. The first-order valence-electron chi connectivity index (χ1n) is 6.58. The maximum Gasteiger partial charge on any atom is 0.321 e. The molecule has 0 aliphatic heterocycles. The molecule has 0 spiro atoms. The quantitative estimate of drug-likeness (QED) is 0.743. The van der Waals surface area contributed by atoms with Gasteiger partial charge in [0.1, 0.15) is 12.6 Å². The molecule has 0 bridgehead atoms. The van der Waals surface area contributed by atoms with Gasteiger partial charge in [0.15, 0.2) is 0 Å². The van der Waals surface area contributed by atoms with E-state index in [1.165, 1.54) is 7.05 Å². The van der Waals surface area contributed by atoms with Gasteiger partial charge in [0.2, 0.25) is 0 Å². The third-order valence-electron chi connectivity index (χ3n) is 3.15. The second-order valence-corrected chi connectivity index (χ2v) is 4.97. The van der Waals surface area contributed by atoms with E-state index in [4.69, 9.17) is 9.84 Å². The van der Waals surface area contributed by atoms with Gasteiger partial charge in [0, 0.05) is 0 Å². The molecule has 0 saturated heterocycles. The molecule has 0 aromatic heterocycles. The van der Waals surface area contributed by atoms with Crippen molar-refractivity contribution >= 4 is 11.9 Å². The summed E-state index contributed by atoms with van der Waals surface area (Å²) in [5.41, 5.74) is 0.875. The molecule has 0 amide bonds. The molecule has 1 rings (SSSR count). The van der Waals surface area contributed by atoms with Crippen molar-refractivity contribution in [3.63, 3.8) is 0 Å². The van der Waals surface area contributed by atoms with E-state index in [1.807, 2.05) is 44.2 Å². The van der Waals surface area contributed by atoms with Gasteiger partial charge in [-0.15, -0.1) is 0 Å². The van der Waals surface area contributed by atoms with Crippen LogP contribution in [0.25, 0.3) is 0 Å². The maximum absolute atomic E-state index is 12.1. The van der Waals surface area contributed by atoms with Crippen molar-refractivity contribution in [1.29, 1.82) is 0 Å². The molecule has 0 saturated carbocycles. The summed E-state index contributed by atoms with van der Waals surface area (Å²) in [7, 11) is 1.53. The number of hydrogen-bond donors (Lipinski definition) is 2. The van der Waals surface area contributed by atoms with Gasteiger partial charge in [-0.25, -0.2) is 0 Å². The van der Waals surface area contributed by atoms with Gasteiger partial charge in [-0.05, 0) is 18.5 Å². The van der Waals surface area contributed by atoms with Crippen molar-refractivity contribution in [3.8, 4) is 0 Å². The summed E-state index contributed by atoms with van der Waals surface area (Å²) in [6.45, 7) is 3.77. The van der Waals surface area contributed by atoms with E-state index in [0.717, 1.165) is 5.56 Å². The zero-order valence-corrected chi connectivity index (χ0v) is 12.0. The Morgan fingerprint density at radius 3 is 2.30 bits per heavy atom. The molecule has 5 nitrogen and oxygen atoms in total. The molecule has 1 aromatic carbocycles. The van der Waals surface area contributed by atoms with Crippen LogP contribution in [0.15, 0.2) is 30.3 Å². The summed E-state index contributed by atoms with van der Waals surface area (Å²) in [5.74, 6) is -2.40. The summed E-state index contributed by atoms with van der Waals surface area (Å²) in [6.07, 6.45) is 0. The summed E-state index contributed by atoms with van der Waals surface area (Å²) < 4.78 is 5.24. The predicted molar refractivity (Wildman–Crippen MR) is 75.0 cm³/mol. The van der Waals surface area contributed by atoms with Crippen molar-refractivity contribution in [2.24, 2.45) is 11.8 Å². The fourth-order valence-corrected chi connectivity index (χ4v) is 2.07. The summed E-state index contributed by atoms with van der Waals surface area (Å²) in [5, 5.41) is 11.8. The summed E-state index contributed by atoms with van der Waals surface area (Å²) in [6, 6.07) is 8.35. The van der Waals surface area contributed by atoms with Crippen LogP contribution in [0.1, 0.15) is 19.4 Å². The monoisotopic (exact) mass is 279 g/mol. The van der Waals surface area contributed by atoms with Crippen LogP contribution in [0.2, 0.25) is 0 Å². The number of ether oxygens (including phenoxy) is 1. The van der Waals surface area contributed by atoms with Gasteiger partial charge in [0.25, 0.3) is 0 Å². The largest absolute Gasteiger partial charge is 0.480 e. The number of benzene rings is 1. The average Bonchev–Trinajstić information content (AvgIpc) is 2.42. The molecule has 2 atom stereocenters. The first kappa shape index (κ1) is 16.2. The van der Waals surface area contributed by atoms with E-state index < -0.39 is 23.9 Å². The van der Waals surface area contributed by atoms with Crippen LogP contribution in [0, 0.1) is 11.8 Å². The number of carboxylic acids is 1. The van der Waals surface area contributed by atoms with Crippen LogP contribution in [0.3, 0.4) is 0 Å². The van der Waals surface area contributed by atoms with Crippen molar-refractivity contribution in [3.05, 3.63) is 35.9 Å². The fourth-order valence-electron chi connectivity index (χ4n) is 2.07. The van der Waals surface area contributed by atoms with Crippen molar-refractivity contribution in [2.45, 2.75) is 26.5 Å². The molecule has 2 N–H and O–H groups in total. The highest BCUT2D eigenvalue weighted by Crippen LogP contribution is 2.18. The van der Waals surface area contributed by atoms with Crippen LogP contribution < -0.4 is 5.32 Å². The normalized spacial score (nSPS) is 13.8. The molecular formula is C15H21NO4. The summed E-state index contributed by atoms with van der Waals surface area (Å²) in [4.78, 5) is 23.3. The zero-order valence-electron chi connectivity index (χ0n) is 12.0. The van der Waals surface area contributed by atoms with E-state index in [0.29, 0.717) is 0 Å². The molecule has 110 valence electrons. The minimum Gasteiger partial charge on any atom is -0.480 e. The van der Waals surface area contributed by atoms with Gasteiger partial charge in [-0.1, -0.05) is 44.2 Å². The number of likely N-dealkylation sites (N-methyl/N-ethyl adjacent to an activating group) is 1. The Hall–Kier alpha value is -1.88. The third kappa shape index (κ3) is 4.35. The molecule has 5 heteroatoms. The van der Waals surface area contributed by atoms with Gasteiger partial charge >= 0.3 is 11.9 Å². The first-order valence-corrected chi connectivity index (χ1v) is 6.58. The highest BCUT2D eigenvalue weighted by atomic mass is 16.5. The SMILES string of the molecule is CN[C@H](C(=O)O)C(C(=O)OCc1ccccc1)C(C)C. The molecule has 1 aromatic rings. The van der Waals surface area contributed by atoms with Crippen molar-refractivity contribution < 1.29 is 19.4 Å². The van der Waals surface area contributed by atoms with Gasteiger partial charge in [0.05, 0.1) is 5.92 Å². The predicted octanol–water partition coefficient (Wildman–Crippen LogP) is 1.67. The molecule has 0 aliphatic carbocycles. The molecular weight excluding hydrogens is 258 g/mol. The number of carbonyl (C=O) groups excluding carboxylic acids is 1. The number of aliphatic carboxylic acids is 1. The number of carbonyl (C=O) groups is 2. The number of hydrogen-bond acceptors (Lipinski definition) is 4. The second kappa shape index (κ2) is 7.65. The lowest BCUT2D eigenvalue weighted by molar-refractivity contribution is -0.158. The molecule has 0 radical (unpaired) electrons. The van der Waals surface area contributed by atoms with Crippen LogP contribution >= 0.6 is 0 Å². The Bertz CT molecular complexity index is 444. The lowest BCUT2D eigenvalue weighted by atomic mass is 9.88. The number of carboxylic acid groups (broad SMARTS) is 1. The molecule has 20 heavy (non-hydrogen) atoms. The lowest BCUT2D eigenvalue weighted by Crippen LogP contribution is -2.47. The second-order valence-electron chi connectivity index (χ2n) is 4.97. The van der Waals surface area contributed by atoms with E-state index in [2.05, 4.69) is 5.32 Å². The molecule has 0 heterocycles. The Morgan fingerprint density at radius 1 is 1.25 bits per heavy atom. The Morgan fingerprint density at radius 2 is 1.85 bits per heavy atom. The first-order chi connectivity index (χ1) is 9.47. The Kier molecular flexibility index (Phi) is 6.18. The van der Waals surface area contributed by atoms with Crippen LogP contribution in [0.5, 0.6) is 0 Å². The average molecular weight is 279 g/mol. The van der Waals surface area contributed by atoms with Gasteiger partial charge < -0.3 is 15.2 Å². The molecule has 0 aliphatic rings. The number of nitrogens with one attached hydrogen (secondary N) is 1. The highest BCUT2D eigenvalue weighted by Gasteiger charge is 2.36. The summed E-state index contributed by atoms with van der Waals surface area (Å²) >= 11 is 0. The topological polar surface area (TPSA) is 75.6 Å². The number of rotatable bonds is 7. The third-order valence-corrected chi connectivity index (χ3v) is 3.15. The lowest BCUT2D eigenvalue weighted by Gasteiger charge is -2.25. The zero-order chi connectivity index (χ0) is 15.1. The maximum atomic E-state index is 12.1. The minimum atomic E-state index is -1.05. The molecule has 1 unspecified atom stereocenters. The fraction of sp³-hybridized carbons (Fsp3) is 0.467. The van der Waals surface area contributed by atoms with Gasteiger partial charge in [-0.3, -0.25) is 9.59 Å².